The topological polar surface area (TPSA) is 71.2 Å². The quantitative estimate of drug-likeness (QED) is 0.835. The Labute approximate surface area is 106 Å². The summed E-state index contributed by atoms with van der Waals surface area (Å²) in [5, 5.41) is 2.81. The second kappa shape index (κ2) is 5.82. The van der Waals surface area contributed by atoms with Crippen LogP contribution in [0.4, 0.5) is 0 Å². The van der Waals surface area contributed by atoms with Gasteiger partial charge in [0.1, 0.15) is 5.56 Å². The highest BCUT2D eigenvalue weighted by atomic mass is 16.5. The Hall–Kier alpha value is -1.62. The molecule has 0 saturated carbocycles. The molecule has 0 spiro atoms. The number of hydrogen-bond acceptors (Lipinski definition) is 3. The molecule has 0 aliphatic carbocycles. The molecule has 0 bridgehead atoms. The summed E-state index contributed by atoms with van der Waals surface area (Å²) < 4.78 is 5.26. The number of rotatable bonds is 3. The number of nitrogens with one attached hydrogen (secondary N) is 2. The van der Waals surface area contributed by atoms with Crippen molar-refractivity contribution in [3.8, 4) is 0 Å². The van der Waals surface area contributed by atoms with E-state index in [1.165, 1.54) is 12.3 Å². The van der Waals surface area contributed by atoms with Crippen LogP contribution in [-0.2, 0) is 4.74 Å². The van der Waals surface area contributed by atoms with Gasteiger partial charge in [0.25, 0.3) is 5.91 Å². The highest BCUT2D eigenvalue weighted by Gasteiger charge is 2.16. The van der Waals surface area contributed by atoms with Gasteiger partial charge in [-0.2, -0.15) is 0 Å². The van der Waals surface area contributed by atoms with E-state index in [4.69, 9.17) is 4.74 Å². The lowest BCUT2D eigenvalue weighted by Crippen LogP contribution is -2.34. The van der Waals surface area contributed by atoms with Gasteiger partial charge < -0.3 is 15.0 Å². The number of pyridine rings is 1. The van der Waals surface area contributed by atoms with Crippen LogP contribution in [0.25, 0.3) is 0 Å². The van der Waals surface area contributed by atoms with Crippen molar-refractivity contribution in [1.29, 1.82) is 0 Å². The second-order valence-electron chi connectivity index (χ2n) is 4.66. The number of H-pyrrole nitrogens is 1. The second-order valence-corrected chi connectivity index (χ2v) is 4.66. The van der Waals surface area contributed by atoms with Crippen molar-refractivity contribution >= 4 is 5.91 Å². The van der Waals surface area contributed by atoms with Gasteiger partial charge in [-0.15, -0.1) is 0 Å². The van der Waals surface area contributed by atoms with E-state index in [9.17, 15) is 9.59 Å². The minimum Gasteiger partial charge on any atom is -0.381 e. The number of carbonyl (C=O) groups excluding carboxylic acids is 1. The molecule has 1 aromatic heterocycles. The zero-order valence-electron chi connectivity index (χ0n) is 10.5. The van der Waals surface area contributed by atoms with Crippen molar-refractivity contribution in [2.45, 2.75) is 19.8 Å². The summed E-state index contributed by atoms with van der Waals surface area (Å²) in [6, 6.07) is 1.43. The Morgan fingerprint density at radius 1 is 1.50 bits per heavy atom. The van der Waals surface area contributed by atoms with Crippen LogP contribution >= 0.6 is 0 Å². The first-order chi connectivity index (χ1) is 8.66. The minimum atomic E-state index is -0.303. The maximum atomic E-state index is 11.9. The van der Waals surface area contributed by atoms with E-state index in [-0.39, 0.29) is 16.9 Å². The standard InChI is InChI=1S/C13H18N2O3/c1-9-6-12(16)11(8-14-9)13(17)15-7-10-2-4-18-5-3-10/h6,8,10H,2-5,7H2,1H3,(H,14,16)(H,15,17). The van der Waals surface area contributed by atoms with Gasteiger partial charge in [0.05, 0.1) is 0 Å². The lowest BCUT2D eigenvalue weighted by molar-refractivity contribution is 0.0642. The summed E-state index contributed by atoms with van der Waals surface area (Å²) >= 11 is 0. The number of ether oxygens (including phenoxy) is 1. The van der Waals surface area contributed by atoms with E-state index < -0.39 is 0 Å². The molecule has 0 atom stereocenters. The highest BCUT2D eigenvalue weighted by Crippen LogP contribution is 2.13. The van der Waals surface area contributed by atoms with Gasteiger partial charge >= 0.3 is 0 Å². The molecule has 98 valence electrons. The Kier molecular flexibility index (Phi) is 4.15. The molecule has 2 rings (SSSR count). The third-order valence-corrected chi connectivity index (χ3v) is 3.19. The van der Waals surface area contributed by atoms with Crippen LogP contribution in [0, 0.1) is 12.8 Å². The molecule has 1 aliphatic heterocycles. The smallest absolute Gasteiger partial charge is 0.256 e. The monoisotopic (exact) mass is 250 g/mol. The van der Waals surface area contributed by atoms with Gasteiger partial charge in [0.15, 0.2) is 5.43 Å². The van der Waals surface area contributed by atoms with Crippen molar-refractivity contribution in [2.24, 2.45) is 5.92 Å². The molecule has 1 aromatic rings. The van der Waals surface area contributed by atoms with Crippen LogP contribution < -0.4 is 10.7 Å². The molecule has 1 fully saturated rings. The normalized spacial score (nSPS) is 16.5. The molecule has 0 unspecified atom stereocenters. The minimum absolute atomic E-state index is 0.174. The molecular formula is C13H18N2O3. The molecule has 1 amide bonds. The van der Waals surface area contributed by atoms with Gasteiger partial charge in [-0.1, -0.05) is 0 Å². The van der Waals surface area contributed by atoms with E-state index in [2.05, 4.69) is 10.3 Å². The van der Waals surface area contributed by atoms with Crippen LogP contribution in [0.3, 0.4) is 0 Å². The van der Waals surface area contributed by atoms with Crippen LogP contribution in [0.5, 0.6) is 0 Å². The van der Waals surface area contributed by atoms with Gasteiger partial charge in [0.2, 0.25) is 0 Å². The van der Waals surface area contributed by atoms with Gasteiger partial charge in [-0.25, -0.2) is 0 Å². The number of aromatic nitrogens is 1. The fourth-order valence-electron chi connectivity index (χ4n) is 2.03. The van der Waals surface area contributed by atoms with Gasteiger partial charge in [-0.05, 0) is 25.7 Å². The van der Waals surface area contributed by atoms with E-state index in [0.29, 0.717) is 12.5 Å². The highest BCUT2D eigenvalue weighted by molar-refractivity contribution is 5.93. The van der Waals surface area contributed by atoms with E-state index >= 15 is 0 Å². The predicted molar refractivity (Wildman–Crippen MR) is 67.7 cm³/mol. The molecule has 18 heavy (non-hydrogen) atoms. The van der Waals surface area contributed by atoms with Crippen LogP contribution in [0.2, 0.25) is 0 Å². The number of aromatic amines is 1. The third-order valence-electron chi connectivity index (χ3n) is 3.19. The number of carbonyl (C=O) groups is 1. The zero-order valence-corrected chi connectivity index (χ0v) is 10.5. The molecular weight excluding hydrogens is 232 g/mol. The molecule has 2 N–H and O–H groups in total. The lowest BCUT2D eigenvalue weighted by atomic mass is 10.0. The van der Waals surface area contributed by atoms with Crippen LogP contribution in [0.15, 0.2) is 17.1 Å². The summed E-state index contributed by atoms with van der Waals surface area (Å²) in [5.41, 5.74) is 0.685. The van der Waals surface area contributed by atoms with Crippen molar-refractivity contribution in [3.63, 3.8) is 0 Å². The van der Waals surface area contributed by atoms with Gasteiger partial charge in [-0.3, -0.25) is 9.59 Å². The van der Waals surface area contributed by atoms with Crippen molar-refractivity contribution < 1.29 is 9.53 Å². The summed E-state index contributed by atoms with van der Waals surface area (Å²) in [6.07, 6.45) is 3.39. The summed E-state index contributed by atoms with van der Waals surface area (Å²) in [4.78, 5) is 26.4. The van der Waals surface area contributed by atoms with Crippen molar-refractivity contribution in [3.05, 3.63) is 33.7 Å². The number of amides is 1. The summed E-state index contributed by atoms with van der Waals surface area (Å²) in [6.45, 7) is 3.90. The maximum absolute atomic E-state index is 11.9. The fraction of sp³-hybridized carbons (Fsp3) is 0.538. The number of aryl methyl sites for hydroxylation is 1. The predicted octanol–water partition coefficient (Wildman–Crippen LogP) is 0.840. The average Bonchev–Trinajstić information content (AvgIpc) is 2.37. The van der Waals surface area contributed by atoms with Crippen LogP contribution in [-0.4, -0.2) is 30.6 Å². The van der Waals surface area contributed by atoms with E-state index in [1.54, 1.807) is 6.92 Å². The Morgan fingerprint density at radius 2 is 2.22 bits per heavy atom. The molecule has 0 radical (unpaired) electrons. The molecule has 1 aliphatic rings. The van der Waals surface area contributed by atoms with E-state index in [0.717, 1.165) is 31.7 Å². The Balaban J connectivity index is 1.93. The molecule has 5 nitrogen and oxygen atoms in total. The molecule has 5 heteroatoms. The molecule has 0 aromatic carbocycles. The molecule has 1 saturated heterocycles. The summed E-state index contributed by atoms with van der Waals surface area (Å²) in [5.74, 6) is 0.148. The molecule has 2 heterocycles. The first kappa shape index (κ1) is 12.8. The largest absolute Gasteiger partial charge is 0.381 e. The lowest BCUT2D eigenvalue weighted by Gasteiger charge is -2.22. The van der Waals surface area contributed by atoms with Crippen molar-refractivity contribution in [2.75, 3.05) is 19.8 Å². The van der Waals surface area contributed by atoms with Crippen LogP contribution in [0.1, 0.15) is 28.9 Å². The SMILES string of the molecule is Cc1cc(=O)c(C(=O)NCC2CCOCC2)c[nH]1. The Morgan fingerprint density at radius 3 is 2.89 bits per heavy atom. The number of hydrogen-bond donors (Lipinski definition) is 2. The average molecular weight is 250 g/mol. The first-order valence-electron chi connectivity index (χ1n) is 6.22. The zero-order chi connectivity index (χ0) is 13.0. The van der Waals surface area contributed by atoms with E-state index in [1.807, 2.05) is 0 Å². The Bertz CT molecular complexity index is 475. The maximum Gasteiger partial charge on any atom is 0.256 e. The third kappa shape index (κ3) is 3.20. The van der Waals surface area contributed by atoms with Crippen molar-refractivity contribution in [1.82, 2.24) is 10.3 Å². The first-order valence-corrected chi connectivity index (χ1v) is 6.22. The summed E-state index contributed by atoms with van der Waals surface area (Å²) in [7, 11) is 0. The fourth-order valence-corrected chi connectivity index (χ4v) is 2.03. The van der Waals surface area contributed by atoms with Gasteiger partial charge in [0, 0.05) is 37.7 Å².